The molecule has 0 bridgehead atoms. The molecule has 0 saturated heterocycles. The first-order valence-electron chi connectivity index (χ1n) is 6.17. The van der Waals surface area contributed by atoms with E-state index in [1.165, 1.54) is 19.2 Å². The number of halogens is 1. The summed E-state index contributed by atoms with van der Waals surface area (Å²) < 4.78 is 32.9. The Morgan fingerprint density at radius 2 is 2.10 bits per heavy atom. The average Bonchev–Trinajstić information content (AvgIpc) is 3.19. The smallest absolute Gasteiger partial charge is 0.310 e. The second-order valence-electron chi connectivity index (χ2n) is 4.73. The fourth-order valence-electron chi connectivity index (χ4n) is 1.73. The van der Waals surface area contributed by atoms with Gasteiger partial charge in [0.2, 0.25) is 0 Å². The predicted molar refractivity (Wildman–Crippen MR) is 73.4 cm³/mol. The third kappa shape index (κ3) is 4.11. The number of esters is 1. The molecule has 1 fully saturated rings. The molecule has 0 radical (unpaired) electrons. The zero-order valence-corrected chi connectivity index (χ0v) is 12.5. The second kappa shape index (κ2) is 6.01. The number of carbonyl (C=O) groups is 1. The van der Waals surface area contributed by atoms with Gasteiger partial charge in [-0.15, -0.1) is 0 Å². The summed E-state index contributed by atoms with van der Waals surface area (Å²) in [6, 6.07) is 4.42. The van der Waals surface area contributed by atoms with Gasteiger partial charge in [-0.2, -0.15) is 0 Å². The Morgan fingerprint density at radius 3 is 2.65 bits per heavy atom. The van der Waals surface area contributed by atoms with Crippen LogP contribution in [0.3, 0.4) is 0 Å². The molecule has 1 aromatic rings. The molecule has 1 aromatic carbocycles. The molecule has 5 nitrogen and oxygen atoms in total. The molecule has 1 aliphatic carbocycles. The molecule has 0 amide bonds. The standard InChI is InChI=1S/C13H15ClO5S/c1-18-11-5-4-10(6-12(11)20(14,16)17)7-13(15)19-8-9-2-3-9/h4-6,9H,2-3,7-8H2,1H3. The van der Waals surface area contributed by atoms with E-state index in [4.69, 9.17) is 20.2 Å². The number of methoxy groups -OCH3 is 1. The third-order valence-corrected chi connectivity index (χ3v) is 4.36. The molecule has 110 valence electrons. The van der Waals surface area contributed by atoms with Crippen molar-refractivity contribution >= 4 is 25.7 Å². The van der Waals surface area contributed by atoms with Gasteiger partial charge < -0.3 is 9.47 Å². The number of hydrogen-bond acceptors (Lipinski definition) is 5. The topological polar surface area (TPSA) is 69.7 Å². The third-order valence-electron chi connectivity index (χ3n) is 3.02. The van der Waals surface area contributed by atoms with Gasteiger partial charge in [-0.25, -0.2) is 8.42 Å². The van der Waals surface area contributed by atoms with E-state index in [0.717, 1.165) is 12.8 Å². The Bertz CT molecular complexity index is 607. The highest BCUT2D eigenvalue weighted by Crippen LogP contribution is 2.30. The van der Waals surface area contributed by atoms with Crippen LogP contribution in [0.15, 0.2) is 23.1 Å². The normalized spacial score (nSPS) is 14.9. The van der Waals surface area contributed by atoms with Crippen molar-refractivity contribution in [1.82, 2.24) is 0 Å². The van der Waals surface area contributed by atoms with E-state index in [0.29, 0.717) is 18.1 Å². The fourth-order valence-corrected chi connectivity index (χ4v) is 2.78. The number of hydrogen-bond donors (Lipinski definition) is 0. The van der Waals surface area contributed by atoms with Crippen LogP contribution in [0.4, 0.5) is 0 Å². The van der Waals surface area contributed by atoms with E-state index < -0.39 is 9.05 Å². The summed E-state index contributed by atoms with van der Waals surface area (Å²) in [5, 5.41) is 0. The molecule has 0 atom stereocenters. The molecule has 0 N–H and O–H groups in total. The van der Waals surface area contributed by atoms with Crippen LogP contribution >= 0.6 is 10.7 Å². The van der Waals surface area contributed by atoms with Crippen molar-refractivity contribution in [2.24, 2.45) is 5.92 Å². The van der Waals surface area contributed by atoms with Crippen LogP contribution < -0.4 is 4.74 Å². The van der Waals surface area contributed by atoms with Gasteiger partial charge in [0.05, 0.1) is 20.1 Å². The molecule has 2 rings (SSSR count). The highest BCUT2D eigenvalue weighted by Gasteiger charge is 2.23. The van der Waals surface area contributed by atoms with E-state index >= 15 is 0 Å². The van der Waals surface area contributed by atoms with E-state index in [1.807, 2.05) is 0 Å². The molecular formula is C13H15ClO5S. The minimum absolute atomic E-state index is 0.0100. The lowest BCUT2D eigenvalue weighted by Crippen LogP contribution is -2.10. The van der Waals surface area contributed by atoms with Crippen LogP contribution in [0.25, 0.3) is 0 Å². The Balaban J connectivity index is 2.09. The van der Waals surface area contributed by atoms with Crippen molar-refractivity contribution in [3.8, 4) is 5.75 Å². The minimum Gasteiger partial charge on any atom is -0.495 e. The summed E-state index contributed by atoms with van der Waals surface area (Å²) in [6.07, 6.45) is 2.21. The first-order valence-corrected chi connectivity index (χ1v) is 8.48. The Hall–Kier alpha value is -1.27. The summed E-state index contributed by atoms with van der Waals surface area (Å²) in [7, 11) is 2.77. The lowest BCUT2D eigenvalue weighted by atomic mass is 10.1. The molecule has 0 spiro atoms. The van der Waals surface area contributed by atoms with Crippen LogP contribution in [-0.2, 0) is 25.0 Å². The highest BCUT2D eigenvalue weighted by molar-refractivity contribution is 8.13. The van der Waals surface area contributed by atoms with Crippen molar-refractivity contribution in [3.05, 3.63) is 23.8 Å². The quantitative estimate of drug-likeness (QED) is 0.593. The predicted octanol–water partition coefficient (Wildman–Crippen LogP) is 2.12. The number of benzene rings is 1. The van der Waals surface area contributed by atoms with Gasteiger partial charge in [-0.3, -0.25) is 4.79 Å². The van der Waals surface area contributed by atoms with Crippen LogP contribution in [0.5, 0.6) is 5.75 Å². The van der Waals surface area contributed by atoms with Crippen LogP contribution in [0.2, 0.25) is 0 Å². The summed E-state index contributed by atoms with van der Waals surface area (Å²) >= 11 is 0. The number of rotatable bonds is 6. The monoisotopic (exact) mass is 318 g/mol. The van der Waals surface area contributed by atoms with Gasteiger partial charge in [0.25, 0.3) is 9.05 Å². The lowest BCUT2D eigenvalue weighted by Gasteiger charge is -2.08. The molecule has 0 heterocycles. The van der Waals surface area contributed by atoms with E-state index in [-0.39, 0.29) is 23.0 Å². The maximum atomic E-state index is 11.6. The van der Waals surface area contributed by atoms with Crippen LogP contribution in [0, 0.1) is 5.92 Å². The summed E-state index contributed by atoms with van der Waals surface area (Å²) in [4.78, 5) is 11.5. The molecule has 1 aliphatic rings. The summed E-state index contributed by atoms with van der Waals surface area (Å²) in [5.41, 5.74) is 0.519. The highest BCUT2D eigenvalue weighted by atomic mass is 35.7. The molecule has 1 saturated carbocycles. The SMILES string of the molecule is COc1ccc(CC(=O)OCC2CC2)cc1S(=O)(=O)Cl. The Labute approximate surface area is 122 Å². The van der Waals surface area contributed by atoms with Gasteiger partial charge >= 0.3 is 5.97 Å². The van der Waals surface area contributed by atoms with Crippen molar-refractivity contribution in [2.45, 2.75) is 24.2 Å². The molecule has 20 heavy (non-hydrogen) atoms. The average molecular weight is 319 g/mol. The lowest BCUT2D eigenvalue weighted by molar-refractivity contribution is -0.143. The second-order valence-corrected chi connectivity index (χ2v) is 7.26. The van der Waals surface area contributed by atoms with Crippen LogP contribution in [0.1, 0.15) is 18.4 Å². The Morgan fingerprint density at radius 1 is 1.40 bits per heavy atom. The summed E-state index contributed by atoms with van der Waals surface area (Å²) in [5.74, 6) is 0.267. The van der Waals surface area contributed by atoms with E-state index in [2.05, 4.69) is 0 Å². The van der Waals surface area contributed by atoms with Gasteiger partial charge in [0.1, 0.15) is 10.6 Å². The van der Waals surface area contributed by atoms with Gasteiger partial charge in [-0.1, -0.05) is 6.07 Å². The zero-order valence-electron chi connectivity index (χ0n) is 11.0. The minimum atomic E-state index is -3.92. The summed E-state index contributed by atoms with van der Waals surface area (Å²) in [6.45, 7) is 0.440. The number of carbonyl (C=O) groups excluding carboxylic acids is 1. The van der Waals surface area contributed by atoms with Crippen molar-refractivity contribution < 1.29 is 22.7 Å². The van der Waals surface area contributed by atoms with Gasteiger partial charge in [0, 0.05) is 10.7 Å². The molecule has 0 aliphatic heterocycles. The van der Waals surface area contributed by atoms with E-state index in [9.17, 15) is 13.2 Å². The number of ether oxygens (including phenoxy) is 2. The molecular weight excluding hydrogens is 304 g/mol. The van der Waals surface area contributed by atoms with Crippen molar-refractivity contribution in [3.63, 3.8) is 0 Å². The molecule has 0 unspecified atom stereocenters. The fraction of sp³-hybridized carbons (Fsp3) is 0.462. The largest absolute Gasteiger partial charge is 0.495 e. The Kier molecular flexibility index (Phi) is 4.55. The van der Waals surface area contributed by atoms with Crippen LogP contribution in [-0.4, -0.2) is 28.1 Å². The van der Waals surface area contributed by atoms with Crippen molar-refractivity contribution in [2.75, 3.05) is 13.7 Å². The van der Waals surface area contributed by atoms with E-state index in [1.54, 1.807) is 6.07 Å². The van der Waals surface area contributed by atoms with Gasteiger partial charge in [0.15, 0.2) is 0 Å². The zero-order chi connectivity index (χ0) is 14.8. The maximum absolute atomic E-state index is 11.6. The first kappa shape index (κ1) is 15.1. The molecule has 7 heteroatoms. The first-order chi connectivity index (χ1) is 9.40. The molecule has 0 aromatic heterocycles. The maximum Gasteiger partial charge on any atom is 0.310 e. The van der Waals surface area contributed by atoms with Gasteiger partial charge in [-0.05, 0) is 36.5 Å². The van der Waals surface area contributed by atoms with Crippen molar-refractivity contribution in [1.29, 1.82) is 0 Å².